The van der Waals surface area contributed by atoms with Crippen molar-refractivity contribution in [2.45, 2.75) is 6.92 Å². The number of halogens is 1. The number of ether oxygens (including phenoxy) is 1. The first-order valence-corrected chi connectivity index (χ1v) is 10.7. The number of hydrogen-bond acceptors (Lipinski definition) is 4. The monoisotopic (exact) mass is 489 g/mol. The van der Waals surface area contributed by atoms with Crippen LogP contribution < -0.4 is 15.5 Å². The van der Waals surface area contributed by atoms with Crippen molar-refractivity contribution in [1.82, 2.24) is 9.78 Å². The highest BCUT2D eigenvalue weighted by molar-refractivity contribution is 9.10. The molecule has 7 heteroatoms. The van der Waals surface area contributed by atoms with Crippen LogP contribution in [0, 0.1) is 6.92 Å². The summed E-state index contributed by atoms with van der Waals surface area (Å²) in [5.41, 5.74) is 2.30. The fourth-order valence-corrected chi connectivity index (χ4v) is 3.58. The lowest BCUT2D eigenvalue weighted by atomic mass is 10.0. The van der Waals surface area contributed by atoms with Gasteiger partial charge in [-0.15, -0.1) is 0 Å². The van der Waals surface area contributed by atoms with E-state index in [0.29, 0.717) is 39.6 Å². The molecule has 3 aromatic carbocycles. The Morgan fingerprint density at radius 3 is 2.25 bits per heavy atom. The van der Waals surface area contributed by atoms with Gasteiger partial charge in [-0.2, -0.15) is 5.10 Å². The summed E-state index contributed by atoms with van der Waals surface area (Å²) in [5, 5.41) is 7.41. The third-order valence-corrected chi connectivity index (χ3v) is 5.50. The zero-order valence-electron chi connectivity index (χ0n) is 17.5. The smallest absolute Gasteiger partial charge is 0.256 e. The maximum Gasteiger partial charge on any atom is 0.256 e. The van der Waals surface area contributed by atoms with E-state index in [4.69, 9.17) is 4.74 Å². The molecule has 1 N–H and O–H groups in total. The van der Waals surface area contributed by atoms with Crippen LogP contribution in [-0.4, -0.2) is 22.8 Å². The standard InChI is InChI=1S/C25H20BrN3O3/c1-16-23(30)22(17-6-4-3-5-7-17)24(29(28-16)20-12-10-19(26)11-13-20)27-25(31)18-8-14-21(32-2)15-9-18/h3-15H,1-2H3,(H,27,31). The first-order valence-electron chi connectivity index (χ1n) is 9.88. The van der Waals surface area contributed by atoms with Gasteiger partial charge in [0.25, 0.3) is 5.91 Å². The Kier molecular flexibility index (Phi) is 6.18. The minimum absolute atomic E-state index is 0.241. The van der Waals surface area contributed by atoms with Crippen molar-refractivity contribution < 1.29 is 9.53 Å². The zero-order valence-corrected chi connectivity index (χ0v) is 19.1. The summed E-state index contributed by atoms with van der Waals surface area (Å²) < 4.78 is 7.67. The fourth-order valence-electron chi connectivity index (χ4n) is 3.32. The summed E-state index contributed by atoms with van der Waals surface area (Å²) in [4.78, 5) is 26.3. The number of carbonyl (C=O) groups is 1. The van der Waals surface area contributed by atoms with Crippen LogP contribution >= 0.6 is 15.9 Å². The van der Waals surface area contributed by atoms with Gasteiger partial charge in [0.1, 0.15) is 17.3 Å². The molecular weight excluding hydrogens is 470 g/mol. The number of methoxy groups -OCH3 is 1. The highest BCUT2D eigenvalue weighted by Crippen LogP contribution is 2.28. The Labute approximate surface area is 193 Å². The van der Waals surface area contributed by atoms with Gasteiger partial charge in [0, 0.05) is 10.0 Å². The average Bonchev–Trinajstić information content (AvgIpc) is 2.82. The van der Waals surface area contributed by atoms with Crippen LogP contribution in [0.2, 0.25) is 0 Å². The third kappa shape index (κ3) is 4.33. The maximum atomic E-state index is 13.2. The van der Waals surface area contributed by atoms with Gasteiger partial charge >= 0.3 is 0 Å². The second kappa shape index (κ2) is 9.20. The van der Waals surface area contributed by atoms with E-state index in [9.17, 15) is 9.59 Å². The molecule has 0 aliphatic carbocycles. The summed E-state index contributed by atoms with van der Waals surface area (Å²) >= 11 is 3.44. The van der Waals surface area contributed by atoms with Gasteiger partial charge < -0.3 is 10.1 Å². The van der Waals surface area contributed by atoms with Gasteiger partial charge in [0.2, 0.25) is 5.43 Å². The molecule has 0 saturated carbocycles. The highest BCUT2D eigenvalue weighted by atomic mass is 79.9. The SMILES string of the molecule is COc1ccc(C(=O)Nc2c(-c3ccccc3)c(=O)c(C)nn2-c2ccc(Br)cc2)cc1. The van der Waals surface area contributed by atoms with Gasteiger partial charge in [0.05, 0.1) is 18.4 Å². The normalized spacial score (nSPS) is 10.6. The molecule has 6 nitrogen and oxygen atoms in total. The summed E-state index contributed by atoms with van der Waals surface area (Å²) in [6.45, 7) is 1.67. The lowest BCUT2D eigenvalue weighted by molar-refractivity contribution is 0.102. The van der Waals surface area contributed by atoms with E-state index in [1.54, 1.807) is 43.0 Å². The number of aryl methyl sites for hydroxylation is 1. The number of nitrogens with one attached hydrogen (secondary N) is 1. The predicted octanol–water partition coefficient (Wildman–Crippen LogP) is 5.23. The van der Waals surface area contributed by atoms with Crippen molar-refractivity contribution >= 4 is 27.7 Å². The molecule has 1 amide bonds. The Morgan fingerprint density at radius 1 is 0.969 bits per heavy atom. The number of nitrogens with zero attached hydrogens (tertiary/aromatic N) is 2. The van der Waals surface area contributed by atoms with E-state index in [1.807, 2.05) is 54.6 Å². The number of benzene rings is 3. The average molecular weight is 490 g/mol. The number of rotatable bonds is 5. The van der Waals surface area contributed by atoms with E-state index in [-0.39, 0.29) is 11.3 Å². The Morgan fingerprint density at radius 2 is 1.62 bits per heavy atom. The molecule has 1 aromatic heterocycles. The van der Waals surface area contributed by atoms with E-state index < -0.39 is 0 Å². The van der Waals surface area contributed by atoms with E-state index >= 15 is 0 Å². The Bertz CT molecular complexity index is 1320. The lowest BCUT2D eigenvalue weighted by Gasteiger charge is -2.18. The van der Waals surface area contributed by atoms with Crippen LogP contribution in [0.25, 0.3) is 16.8 Å². The molecule has 160 valence electrons. The molecule has 0 bridgehead atoms. The van der Waals surface area contributed by atoms with Gasteiger partial charge in [-0.3, -0.25) is 9.59 Å². The molecule has 0 atom stereocenters. The molecule has 0 aliphatic rings. The van der Waals surface area contributed by atoms with Crippen molar-refractivity contribution in [3.8, 4) is 22.6 Å². The molecule has 0 aliphatic heterocycles. The van der Waals surface area contributed by atoms with Crippen molar-refractivity contribution in [3.05, 3.63) is 105 Å². The minimum atomic E-state index is -0.360. The molecular formula is C25H20BrN3O3. The maximum absolute atomic E-state index is 13.2. The largest absolute Gasteiger partial charge is 0.497 e. The van der Waals surface area contributed by atoms with Crippen molar-refractivity contribution in [2.24, 2.45) is 0 Å². The van der Waals surface area contributed by atoms with Crippen LogP contribution in [-0.2, 0) is 0 Å². The van der Waals surface area contributed by atoms with Gasteiger partial charge in [-0.05, 0) is 61.0 Å². The Hall–Kier alpha value is -3.71. The quantitative estimate of drug-likeness (QED) is 0.416. The first kappa shape index (κ1) is 21.5. The summed E-state index contributed by atoms with van der Waals surface area (Å²) in [6, 6.07) is 23.5. The second-order valence-corrected chi connectivity index (χ2v) is 7.99. The number of amides is 1. The first-order chi connectivity index (χ1) is 15.5. The van der Waals surface area contributed by atoms with Crippen molar-refractivity contribution in [2.75, 3.05) is 12.4 Å². The predicted molar refractivity (Wildman–Crippen MR) is 129 cm³/mol. The van der Waals surface area contributed by atoms with Crippen LogP contribution in [0.1, 0.15) is 16.1 Å². The minimum Gasteiger partial charge on any atom is -0.497 e. The molecule has 0 spiro atoms. The molecule has 0 unspecified atom stereocenters. The highest BCUT2D eigenvalue weighted by Gasteiger charge is 2.20. The zero-order chi connectivity index (χ0) is 22.7. The van der Waals surface area contributed by atoms with Crippen LogP contribution in [0.4, 0.5) is 5.82 Å². The van der Waals surface area contributed by atoms with Gasteiger partial charge in [-0.1, -0.05) is 46.3 Å². The summed E-state index contributed by atoms with van der Waals surface area (Å²) in [5.74, 6) is 0.589. The van der Waals surface area contributed by atoms with Gasteiger partial charge in [-0.25, -0.2) is 4.68 Å². The van der Waals surface area contributed by atoms with Crippen molar-refractivity contribution in [1.29, 1.82) is 0 Å². The number of anilines is 1. The Balaban J connectivity index is 1.90. The molecule has 32 heavy (non-hydrogen) atoms. The summed E-state index contributed by atoms with van der Waals surface area (Å²) in [7, 11) is 1.57. The van der Waals surface area contributed by atoms with Crippen LogP contribution in [0.15, 0.2) is 88.1 Å². The molecule has 0 radical (unpaired) electrons. The lowest BCUT2D eigenvalue weighted by Crippen LogP contribution is -2.24. The topological polar surface area (TPSA) is 73.2 Å². The van der Waals surface area contributed by atoms with Crippen molar-refractivity contribution in [3.63, 3.8) is 0 Å². The molecule has 0 fully saturated rings. The van der Waals surface area contributed by atoms with Gasteiger partial charge in [0.15, 0.2) is 0 Å². The number of hydrogen-bond donors (Lipinski definition) is 1. The van der Waals surface area contributed by atoms with Crippen LogP contribution in [0.5, 0.6) is 5.75 Å². The number of carbonyl (C=O) groups excluding carboxylic acids is 1. The van der Waals surface area contributed by atoms with Crippen LogP contribution in [0.3, 0.4) is 0 Å². The molecule has 4 aromatic rings. The van der Waals surface area contributed by atoms with E-state index in [0.717, 1.165) is 4.47 Å². The third-order valence-electron chi connectivity index (χ3n) is 4.97. The molecule has 1 heterocycles. The van der Waals surface area contributed by atoms with E-state index in [1.165, 1.54) is 0 Å². The summed E-state index contributed by atoms with van der Waals surface area (Å²) in [6.07, 6.45) is 0. The molecule has 0 saturated heterocycles. The number of aromatic nitrogens is 2. The molecule has 4 rings (SSSR count). The second-order valence-electron chi connectivity index (χ2n) is 7.08. The fraction of sp³-hybridized carbons (Fsp3) is 0.0800. The van der Waals surface area contributed by atoms with E-state index in [2.05, 4.69) is 26.3 Å².